The first-order chi connectivity index (χ1) is 29.4. The number of aryl methyl sites for hydroxylation is 1. The second-order valence-corrected chi connectivity index (χ2v) is 17.6. The van der Waals surface area contributed by atoms with Crippen LogP contribution in [-0.4, -0.2) is 92.8 Å². The fourth-order valence-corrected chi connectivity index (χ4v) is 9.97. The highest BCUT2D eigenvalue weighted by Gasteiger charge is 2.48. The van der Waals surface area contributed by atoms with Gasteiger partial charge in [0.1, 0.15) is 23.2 Å². The Morgan fingerprint density at radius 3 is 2.49 bits per heavy atom. The molecule has 3 saturated heterocycles. The summed E-state index contributed by atoms with van der Waals surface area (Å²) in [5.41, 5.74) is 2.24. The Hall–Kier alpha value is -5.77. The number of amides is 3. The molecule has 0 radical (unpaired) electrons. The highest BCUT2D eigenvalue weighted by Crippen LogP contribution is 2.52. The number of nitrogens with zero attached hydrogens (tertiary/aromatic N) is 9. The molecule has 15 nitrogen and oxygen atoms in total. The van der Waals surface area contributed by atoms with Crippen LogP contribution in [0.3, 0.4) is 0 Å². The number of carbonyl (C=O) groups excluding carboxylic acids is 2. The maximum absolute atomic E-state index is 15.8. The molecule has 0 unspecified atom stereocenters. The lowest BCUT2D eigenvalue weighted by molar-refractivity contribution is -0.120. The van der Waals surface area contributed by atoms with Gasteiger partial charge in [-0.1, -0.05) is 6.92 Å². The molecule has 1 aliphatic carbocycles. The number of fused-ring (bicyclic) bond motifs is 2. The Balaban J connectivity index is 0.811. The molecule has 5 heterocycles. The van der Waals surface area contributed by atoms with Crippen molar-refractivity contribution in [3.63, 3.8) is 0 Å². The standard InChI is InChI=1S/C43H47F2N11O4S/c1-4-51(2)61-50-35-8-6-32(44)39(31(35)24-46)60-28-5-7-34-29(19-28)41(58)56(25-47-34)26-9-14-53(15-10-26)27-22-43(23-27)12-17-54(18-13-43)37-21-36-30(20-33(37)45)40(49-52(36)3)55-16-11-38(57)48-42(55)59/h5-8,19-21,25-27,50H,4,9-18,22-23H2,1-3H3,(H,48,57,59). The van der Waals surface area contributed by atoms with Gasteiger partial charge in [-0.25, -0.2) is 22.9 Å². The molecule has 1 spiro atoms. The number of piperidine rings is 2. The SMILES string of the molecule is CCN(C)SNc1ccc(F)c(Oc2ccc3ncn(C4CCN(C5CC6(CCN(c7cc8c(cc7F)c(N7CCC(=O)NC7=O)nn8C)CC6)C5)CC4)c(=O)c3c2)c1C#N. The first-order valence-corrected chi connectivity index (χ1v) is 21.5. The summed E-state index contributed by atoms with van der Waals surface area (Å²) < 4.78 is 45.1. The number of urea groups is 1. The molecule has 2 aromatic heterocycles. The minimum Gasteiger partial charge on any atom is -0.453 e. The predicted octanol–water partition coefficient (Wildman–Crippen LogP) is 6.68. The van der Waals surface area contributed by atoms with Gasteiger partial charge in [0.05, 0.1) is 34.1 Å². The van der Waals surface area contributed by atoms with Crippen LogP contribution in [-0.2, 0) is 11.8 Å². The highest BCUT2D eigenvalue weighted by atomic mass is 32.2. The quantitative estimate of drug-likeness (QED) is 0.144. The molecule has 2 N–H and O–H groups in total. The molecular formula is C43H47F2N11O4S. The van der Waals surface area contributed by atoms with Gasteiger partial charge in [0, 0.05) is 82.3 Å². The van der Waals surface area contributed by atoms with E-state index in [4.69, 9.17) is 4.74 Å². The minimum absolute atomic E-state index is 0.0180. The lowest BCUT2D eigenvalue weighted by atomic mass is 9.59. The number of aromatic nitrogens is 4. The number of nitrogens with one attached hydrogen (secondary N) is 2. The minimum atomic E-state index is -0.688. The van der Waals surface area contributed by atoms with Crippen molar-refractivity contribution in [1.29, 1.82) is 5.26 Å². The van der Waals surface area contributed by atoms with Gasteiger partial charge in [-0.15, -0.1) is 0 Å². The van der Waals surface area contributed by atoms with E-state index < -0.39 is 11.8 Å². The molecule has 5 aromatic rings. The fraction of sp³-hybridized carbons (Fsp3) is 0.442. The number of imide groups is 1. The molecule has 0 atom stereocenters. The number of rotatable bonds is 10. The molecule has 3 aromatic carbocycles. The molecule has 1 saturated carbocycles. The fourth-order valence-electron chi connectivity index (χ4n) is 9.41. The number of hydrogen-bond donors (Lipinski definition) is 2. The highest BCUT2D eigenvalue weighted by molar-refractivity contribution is 7.98. The summed E-state index contributed by atoms with van der Waals surface area (Å²) in [6.45, 7) is 6.16. The van der Waals surface area contributed by atoms with E-state index in [1.807, 2.05) is 24.3 Å². The Labute approximate surface area is 355 Å². The van der Waals surface area contributed by atoms with Crippen LogP contribution in [0.15, 0.2) is 53.6 Å². The van der Waals surface area contributed by atoms with Crippen molar-refractivity contribution < 1.29 is 23.1 Å². The van der Waals surface area contributed by atoms with Crippen LogP contribution in [0.1, 0.15) is 63.5 Å². The van der Waals surface area contributed by atoms with E-state index in [1.165, 1.54) is 35.2 Å². The van der Waals surface area contributed by atoms with Crippen molar-refractivity contribution >= 4 is 63.1 Å². The van der Waals surface area contributed by atoms with Gasteiger partial charge in [-0.3, -0.25) is 29.1 Å². The van der Waals surface area contributed by atoms with Gasteiger partial charge in [0.25, 0.3) is 5.56 Å². The molecule has 61 heavy (non-hydrogen) atoms. The number of nitriles is 1. The molecule has 4 fully saturated rings. The van der Waals surface area contributed by atoms with E-state index >= 15 is 8.78 Å². The molecule has 0 bridgehead atoms. The zero-order chi connectivity index (χ0) is 42.6. The van der Waals surface area contributed by atoms with Gasteiger partial charge in [0.15, 0.2) is 17.4 Å². The molecule has 9 rings (SSSR count). The maximum Gasteiger partial charge on any atom is 0.329 e. The average Bonchev–Trinajstić information content (AvgIpc) is 3.56. The number of benzene rings is 3. The molecule has 18 heteroatoms. The maximum atomic E-state index is 15.8. The number of carbonyl (C=O) groups is 2. The summed E-state index contributed by atoms with van der Waals surface area (Å²) in [5, 5.41) is 17.7. The van der Waals surface area contributed by atoms with Crippen LogP contribution < -0.4 is 30.1 Å². The Morgan fingerprint density at radius 2 is 1.77 bits per heavy atom. The zero-order valence-corrected chi connectivity index (χ0v) is 35.1. The molecule has 3 aliphatic heterocycles. The first kappa shape index (κ1) is 40.6. The molecular weight excluding hydrogens is 805 g/mol. The van der Waals surface area contributed by atoms with Crippen molar-refractivity contribution in [1.82, 2.24) is 33.9 Å². The third-order valence-electron chi connectivity index (χ3n) is 13.1. The normalized spacial score (nSPS) is 18.8. The van der Waals surface area contributed by atoms with E-state index in [-0.39, 0.29) is 58.8 Å². The summed E-state index contributed by atoms with van der Waals surface area (Å²) in [6, 6.07) is 12.8. The van der Waals surface area contributed by atoms with Crippen molar-refractivity contribution in [3.8, 4) is 17.6 Å². The van der Waals surface area contributed by atoms with Crippen molar-refractivity contribution in [2.75, 3.05) is 60.8 Å². The second kappa shape index (κ2) is 16.3. The lowest BCUT2D eigenvalue weighted by Crippen LogP contribution is -2.56. The van der Waals surface area contributed by atoms with Crippen molar-refractivity contribution in [2.45, 2.75) is 64.0 Å². The molecule has 4 aliphatic rings. The van der Waals surface area contributed by atoms with Crippen LogP contribution in [0.5, 0.6) is 11.5 Å². The van der Waals surface area contributed by atoms with E-state index in [0.29, 0.717) is 39.5 Å². The lowest BCUT2D eigenvalue weighted by Gasteiger charge is -2.56. The zero-order valence-electron chi connectivity index (χ0n) is 34.3. The van der Waals surface area contributed by atoms with Gasteiger partial charge < -0.3 is 19.3 Å². The smallest absolute Gasteiger partial charge is 0.329 e. The van der Waals surface area contributed by atoms with Crippen LogP contribution in [0, 0.1) is 28.4 Å². The number of likely N-dealkylation sites (tertiary alicyclic amines) is 1. The monoisotopic (exact) mass is 851 g/mol. The Bertz CT molecular complexity index is 2640. The third-order valence-corrected chi connectivity index (χ3v) is 14.0. The first-order valence-electron chi connectivity index (χ1n) is 20.8. The summed E-state index contributed by atoms with van der Waals surface area (Å²) >= 11 is 1.28. The topological polar surface area (TPSA) is 157 Å². The van der Waals surface area contributed by atoms with E-state index in [1.54, 1.807) is 40.8 Å². The van der Waals surface area contributed by atoms with Crippen molar-refractivity contribution in [2.24, 2.45) is 12.5 Å². The largest absolute Gasteiger partial charge is 0.453 e. The Kier molecular flexibility index (Phi) is 10.8. The third kappa shape index (κ3) is 7.63. The van der Waals surface area contributed by atoms with Crippen molar-refractivity contribution in [3.05, 3.63) is 76.3 Å². The second-order valence-electron chi connectivity index (χ2n) is 16.6. The predicted molar refractivity (Wildman–Crippen MR) is 230 cm³/mol. The summed E-state index contributed by atoms with van der Waals surface area (Å²) in [4.78, 5) is 48.8. The summed E-state index contributed by atoms with van der Waals surface area (Å²) in [5.74, 6) is -1.03. The molecule has 318 valence electrons. The van der Waals surface area contributed by atoms with Gasteiger partial charge in [-0.05, 0) is 93.5 Å². The number of ether oxygens (including phenoxy) is 1. The number of hydrogen-bond acceptors (Lipinski definition) is 12. The average molecular weight is 852 g/mol. The van der Waals surface area contributed by atoms with E-state index in [9.17, 15) is 19.6 Å². The summed E-state index contributed by atoms with van der Waals surface area (Å²) in [7, 11) is 3.66. The molecule has 3 amide bonds. The van der Waals surface area contributed by atoms with Crippen LogP contribution in [0.25, 0.3) is 21.8 Å². The van der Waals surface area contributed by atoms with Crippen LogP contribution in [0.2, 0.25) is 0 Å². The van der Waals surface area contributed by atoms with E-state index in [0.717, 1.165) is 76.8 Å². The number of halogens is 2. The summed E-state index contributed by atoms with van der Waals surface area (Å²) in [6.07, 6.45) is 7.54. The van der Waals surface area contributed by atoms with Gasteiger partial charge in [-0.2, -0.15) is 10.4 Å². The van der Waals surface area contributed by atoms with Gasteiger partial charge in [0.2, 0.25) is 5.91 Å². The van der Waals surface area contributed by atoms with Crippen LogP contribution in [0.4, 0.5) is 30.8 Å². The van der Waals surface area contributed by atoms with Crippen LogP contribution >= 0.6 is 12.1 Å². The van der Waals surface area contributed by atoms with Gasteiger partial charge >= 0.3 is 6.03 Å². The van der Waals surface area contributed by atoms with E-state index in [2.05, 4.69) is 36.0 Å². The Morgan fingerprint density at radius 1 is 1.00 bits per heavy atom. The number of anilines is 3.